The highest BCUT2D eigenvalue weighted by Gasteiger charge is 2.39. The molecule has 3 heteroatoms. The van der Waals surface area contributed by atoms with E-state index in [1.807, 2.05) is 6.92 Å². The minimum absolute atomic E-state index is 0.0978. The summed E-state index contributed by atoms with van der Waals surface area (Å²) in [6.45, 7) is 5.42. The monoisotopic (exact) mass is 167 g/mol. The number of rotatable bonds is 1. The second-order valence-corrected chi connectivity index (χ2v) is 3.38. The number of carbonyl (C=O) groups is 2. The minimum atomic E-state index is -0.539. The van der Waals surface area contributed by atoms with E-state index in [2.05, 4.69) is 6.58 Å². The highest BCUT2D eigenvalue weighted by Crippen LogP contribution is 2.31. The first-order chi connectivity index (χ1) is 5.51. The Morgan fingerprint density at radius 1 is 1.58 bits per heavy atom. The fraction of sp³-hybridized carbons (Fsp3) is 0.556. The van der Waals surface area contributed by atoms with Gasteiger partial charge in [-0.3, -0.25) is 14.5 Å². The molecule has 0 aromatic rings. The van der Waals surface area contributed by atoms with Crippen LogP contribution in [0.5, 0.6) is 0 Å². The first-order valence-corrected chi connectivity index (χ1v) is 3.96. The van der Waals surface area contributed by atoms with Crippen LogP contribution in [0.1, 0.15) is 19.8 Å². The molecule has 1 atom stereocenters. The minimum Gasteiger partial charge on any atom is -0.285 e. The van der Waals surface area contributed by atoms with Crippen LogP contribution in [0.3, 0.4) is 0 Å². The van der Waals surface area contributed by atoms with E-state index in [1.165, 1.54) is 11.9 Å². The summed E-state index contributed by atoms with van der Waals surface area (Å²) in [5.74, 6) is -0.243. The lowest BCUT2D eigenvalue weighted by atomic mass is 9.81. The third kappa shape index (κ3) is 1.15. The van der Waals surface area contributed by atoms with Crippen LogP contribution in [0.4, 0.5) is 0 Å². The van der Waals surface area contributed by atoms with Crippen molar-refractivity contribution in [1.82, 2.24) is 4.90 Å². The van der Waals surface area contributed by atoms with Crippen molar-refractivity contribution in [1.29, 1.82) is 0 Å². The smallest absolute Gasteiger partial charge is 0.238 e. The maximum Gasteiger partial charge on any atom is 0.238 e. The second kappa shape index (κ2) is 2.73. The zero-order valence-electron chi connectivity index (χ0n) is 7.46. The van der Waals surface area contributed by atoms with Crippen molar-refractivity contribution < 1.29 is 9.59 Å². The van der Waals surface area contributed by atoms with Gasteiger partial charge >= 0.3 is 0 Å². The van der Waals surface area contributed by atoms with Crippen molar-refractivity contribution in [2.75, 3.05) is 7.05 Å². The lowest BCUT2D eigenvalue weighted by Crippen LogP contribution is -2.47. The van der Waals surface area contributed by atoms with Crippen molar-refractivity contribution in [2.24, 2.45) is 5.41 Å². The lowest BCUT2D eigenvalue weighted by molar-refractivity contribution is -0.152. The standard InChI is InChI=1S/C9H13NO2/c1-4-9(2)6-5-7(11)10(3)8(9)12/h4H,1,5-6H2,2-3H3. The van der Waals surface area contributed by atoms with E-state index in [1.54, 1.807) is 6.08 Å². The largest absolute Gasteiger partial charge is 0.285 e. The molecule has 1 aliphatic rings. The summed E-state index contributed by atoms with van der Waals surface area (Å²) in [6.07, 6.45) is 2.64. The number of imide groups is 1. The molecule has 3 nitrogen and oxygen atoms in total. The summed E-state index contributed by atoms with van der Waals surface area (Å²) in [5.41, 5.74) is -0.539. The van der Waals surface area contributed by atoms with E-state index in [0.29, 0.717) is 12.8 Å². The Hall–Kier alpha value is -1.12. The average molecular weight is 167 g/mol. The molecule has 0 spiro atoms. The van der Waals surface area contributed by atoms with Gasteiger partial charge in [0.15, 0.2) is 0 Å². The highest BCUT2D eigenvalue weighted by molar-refractivity contribution is 6.01. The molecule has 0 radical (unpaired) electrons. The molecule has 1 unspecified atom stereocenters. The molecule has 12 heavy (non-hydrogen) atoms. The number of carbonyl (C=O) groups excluding carboxylic acids is 2. The summed E-state index contributed by atoms with van der Waals surface area (Å²) >= 11 is 0. The molecule has 0 aliphatic carbocycles. The van der Waals surface area contributed by atoms with Crippen molar-refractivity contribution >= 4 is 11.8 Å². The van der Waals surface area contributed by atoms with Crippen LogP contribution in [0.15, 0.2) is 12.7 Å². The maximum atomic E-state index is 11.5. The quantitative estimate of drug-likeness (QED) is 0.431. The van der Waals surface area contributed by atoms with Crippen LogP contribution in [0.2, 0.25) is 0 Å². The van der Waals surface area contributed by atoms with E-state index in [9.17, 15) is 9.59 Å². The first-order valence-electron chi connectivity index (χ1n) is 3.96. The van der Waals surface area contributed by atoms with E-state index >= 15 is 0 Å². The molecule has 2 amide bonds. The summed E-state index contributed by atoms with van der Waals surface area (Å²) in [6, 6.07) is 0. The number of nitrogens with zero attached hydrogens (tertiary/aromatic N) is 1. The maximum absolute atomic E-state index is 11.5. The van der Waals surface area contributed by atoms with E-state index in [4.69, 9.17) is 0 Å². The zero-order valence-corrected chi connectivity index (χ0v) is 7.46. The zero-order chi connectivity index (χ0) is 9.35. The fourth-order valence-corrected chi connectivity index (χ4v) is 1.33. The third-order valence-electron chi connectivity index (χ3n) is 2.48. The first kappa shape index (κ1) is 8.97. The van der Waals surface area contributed by atoms with Gasteiger partial charge in [0.05, 0.1) is 5.41 Å². The van der Waals surface area contributed by atoms with Gasteiger partial charge in [-0.2, -0.15) is 0 Å². The SMILES string of the molecule is C=CC1(C)CCC(=O)N(C)C1=O. The van der Waals surface area contributed by atoms with Gasteiger partial charge in [-0.1, -0.05) is 6.08 Å². The number of hydrogen-bond donors (Lipinski definition) is 0. The van der Waals surface area contributed by atoms with Crippen LogP contribution in [0, 0.1) is 5.41 Å². The lowest BCUT2D eigenvalue weighted by Gasteiger charge is -2.33. The second-order valence-electron chi connectivity index (χ2n) is 3.38. The Bertz CT molecular complexity index is 247. The summed E-state index contributed by atoms with van der Waals surface area (Å²) in [7, 11) is 1.52. The van der Waals surface area contributed by atoms with E-state index in [0.717, 1.165) is 0 Å². The molecular weight excluding hydrogens is 154 g/mol. The average Bonchev–Trinajstić information content (AvgIpc) is 2.09. The number of hydrogen-bond acceptors (Lipinski definition) is 2. The molecule has 0 saturated carbocycles. The molecule has 1 aliphatic heterocycles. The molecule has 1 heterocycles. The summed E-state index contributed by atoms with van der Waals surface area (Å²) in [4.78, 5) is 23.8. The molecule has 0 bridgehead atoms. The van der Waals surface area contributed by atoms with E-state index < -0.39 is 5.41 Å². The molecule has 0 aromatic carbocycles. The topological polar surface area (TPSA) is 37.4 Å². The third-order valence-corrected chi connectivity index (χ3v) is 2.48. The van der Waals surface area contributed by atoms with Crippen LogP contribution >= 0.6 is 0 Å². The Kier molecular flexibility index (Phi) is 2.04. The molecule has 1 saturated heterocycles. The Morgan fingerprint density at radius 3 is 2.67 bits per heavy atom. The molecular formula is C9H13NO2. The van der Waals surface area contributed by atoms with Crippen molar-refractivity contribution in [3.63, 3.8) is 0 Å². The Balaban J connectivity index is 2.92. The van der Waals surface area contributed by atoms with Crippen molar-refractivity contribution in [3.8, 4) is 0 Å². The van der Waals surface area contributed by atoms with Gasteiger partial charge < -0.3 is 0 Å². The number of piperidine rings is 1. The summed E-state index contributed by atoms with van der Waals surface area (Å²) < 4.78 is 0. The fourth-order valence-electron chi connectivity index (χ4n) is 1.33. The van der Waals surface area contributed by atoms with Crippen molar-refractivity contribution in [2.45, 2.75) is 19.8 Å². The Morgan fingerprint density at radius 2 is 2.17 bits per heavy atom. The normalized spacial score (nSPS) is 30.7. The van der Waals surface area contributed by atoms with Gasteiger partial charge in [0, 0.05) is 13.5 Å². The summed E-state index contributed by atoms with van der Waals surface area (Å²) in [5, 5.41) is 0. The predicted octanol–water partition coefficient (Wildman–Crippen LogP) is 0.958. The van der Waals surface area contributed by atoms with Gasteiger partial charge in [-0.05, 0) is 13.3 Å². The number of amides is 2. The molecule has 0 N–H and O–H groups in total. The van der Waals surface area contributed by atoms with E-state index in [-0.39, 0.29) is 11.8 Å². The van der Waals surface area contributed by atoms with Gasteiger partial charge in [0.1, 0.15) is 0 Å². The van der Waals surface area contributed by atoms with Crippen LogP contribution < -0.4 is 0 Å². The number of likely N-dealkylation sites (tertiary alicyclic amines) is 1. The van der Waals surface area contributed by atoms with Gasteiger partial charge in [0.2, 0.25) is 11.8 Å². The van der Waals surface area contributed by atoms with Crippen LogP contribution in [-0.4, -0.2) is 23.8 Å². The molecule has 1 fully saturated rings. The molecule has 0 aromatic heterocycles. The van der Waals surface area contributed by atoms with Crippen LogP contribution in [-0.2, 0) is 9.59 Å². The molecule has 1 rings (SSSR count). The van der Waals surface area contributed by atoms with Crippen molar-refractivity contribution in [3.05, 3.63) is 12.7 Å². The predicted molar refractivity (Wildman–Crippen MR) is 45.3 cm³/mol. The highest BCUT2D eigenvalue weighted by atomic mass is 16.2. The van der Waals surface area contributed by atoms with Gasteiger partial charge in [-0.15, -0.1) is 6.58 Å². The molecule has 66 valence electrons. The van der Waals surface area contributed by atoms with Gasteiger partial charge in [-0.25, -0.2) is 0 Å². The van der Waals surface area contributed by atoms with Gasteiger partial charge in [0.25, 0.3) is 0 Å². The van der Waals surface area contributed by atoms with Crippen LogP contribution in [0.25, 0.3) is 0 Å². The Labute approximate surface area is 72.0 Å².